The Morgan fingerprint density at radius 3 is 2.36 bits per heavy atom. The number of hydrogen-bond acceptors (Lipinski definition) is 6. The van der Waals surface area contributed by atoms with Crippen LogP contribution < -0.4 is 10.2 Å². The van der Waals surface area contributed by atoms with Crippen LogP contribution in [0, 0.1) is 10.8 Å². The quantitative estimate of drug-likeness (QED) is 0.463. The fraction of sp³-hybridized carbons (Fsp3) is 0.0952. The highest BCUT2D eigenvalue weighted by molar-refractivity contribution is 6.06. The molecule has 7 heteroatoms. The molecule has 0 aliphatic heterocycles. The van der Waals surface area contributed by atoms with Crippen molar-refractivity contribution in [3.63, 3.8) is 0 Å². The number of nitrogens with one attached hydrogen (secondary N) is 3. The highest BCUT2D eigenvalue weighted by atomic mass is 16.5. The van der Waals surface area contributed by atoms with E-state index in [0.29, 0.717) is 16.8 Å². The van der Waals surface area contributed by atoms with Gasteiger partial charge >= 0.3 is 0 Å². The average Bonchev–Trinajstić information content (AvgIpc) is 3.23. The van der Waals surface area contributed by atoms with Gasteiger partial charge in [0, 0.05) is 36.6 Å². The van der Waals surface area contributed by atoms with E-state index in [-0.39, 0.29) is 23.5 Å². The zero-order chi connectivity index (χ0) is 20.1. The lowest BCUT2D eigenvalue weighted by atomic mass is 10.1. The summed E-state index contributed by atoms with van der Waals surface area (Å²) in [6.45, 7) is 0. The third-order valence-corrected chi connectivity index (χ3v) is 3.98. The first-order valence-corrected chi connectivity index (χ1v) is 8.52. The number of carbonyl (C=O) groups excluding carboxylic acids is 1. The normalized spacial score (nSPS) is 10.2. The second-order valence-corrected chi connectivity index (χ2v) is 6.21. The maximum Gasteiger partial charge on any atom is 0.257 e. The summed E-state index contributed by atoms with van der Waals surface area (Å²) in [6.07, 6.45) is 1.43. The van der Waals surface area contributed by atoms with Crippen molar-refractivity contribution in [2.75, 3.05) is 24.3 Å². The van der Waals surface area contributed by atoms with Gasteiger partial charge in [-0.2, -0.15) is 0 Å². The Morgan fingerprint density at radius 2 is 1.71 bits per heavy atom. The lowest BCUT2D eigenvalue weighted by molar-refractivity contribution is 0.102. The molecule has 0 saturated heterocycles. The van der Waals surface area contributed by atoms with Crippen LogP contribution in [0.1, 0.15) is 21.7 Å². The van der Waals surface area contributed by atoms with Gasteiger partial charge in [-0.3, -0.25) is 15.6 Å². The van der Waals surface area contributed by atoms with Crippen molar-refractivity contribution >= 4 is 29.1 Å². The summed E-state index contributed by atoms with van der Waals surface area (Å²) in [4.78, 5) is 14.4. The molecule has 1 amide bonds. The minimum Gasteiger partial charge on any atom is -0.459 e. The van der Waals surface area contributed by atoms with E-state index in [0.717, 1.165) is 5.69 Å². The van der Waals surface area contributed by atoms with Crippen LogP contribution in [-0.2, 0) is 4.74 Å². The molecular formula is C21H20N4O3. The molecule has 0 aliphatic rings. The molecule has 0 spiro atoms. The molecule has 2 aromatic carbocycles. The van der Waals surface area contributed by atoms with Gasteiger partial charge in [0.25, 0.3) is 11.8 Å². The van der Waals surface area contributed by atoms with E-state index in [2.05, 4.69) is 5.32 Å². The third-order valence-electron chi connectivity index (χ3n) is 3.98. The molecule has 3 aromatic rings. The zero-order valence-electron chi connectivity index (χ0n) is 15.5. The Labute approximate surface area is 162 Å². The van der Waals surface area contributed by atoms with Gasteiger partial charge < -0.3 is 19.4 Å². The third kappa shape index (κ3) is 4.45. The molecule has 1 heterocycles. The number of nitrogens with zero attached hydrogens (tertiary/aromatic N) is 1. The minimum absolute atomic E-state index is 0.215. The molecule has 3 rings (SSSR count). The van der Waals surface area contributed by atoms with Gasteiger partial charge in [0.05, 0.1) is 6.26 Å². The molecule has 0 bridgehead atoms. The van der Waals surface area contributed by atoms with Gasteiger partial charge in [-0.05, 0) is 54.6 Å². The van der Waals surface area contributed by atoms with E-state index < -0.39 is 0 Å². The monoisotopic (exact) mass is 376 g/mol. The molecule has 0 unspecified atom stereocenters. The van der Waals surface area contributed by atoms with Crippen LogP contribution >= 0.6 is 0 Å². The number of amides is 1. The van der Waals surface area contributed by atoms with Crippen LogP contribution in [0.4, 0.5) is 11.4 Å². The van der Waals surface area contributed by atoms with Gasteiger partial charge in [-0.15, -0.1) is 0 Å². The summed E-state index contributed by atoms with van der Waals surface area (Å²) < 4.78 is 10.3. The topological polar surface area (TPSA) is 102 Å². The standard InChI is InChI=1S/C21H20N4O3/c1-25(2)17-10-8-14(9-11-17)21(26)24-16-6-3-5-15(13-16)19(22)28-20(23)18-7-4-12-27-18/h3-13,22-23H,1-2H3,(H,24,26). The summed E-state index contributed by atoms with van der Waals surface area (Å²) in [7, 11) is 3.87. The predicted molar refractivity (Wildman–Crippen MR) is 109 cm³/mol. The van der Waals surface area contributed by atoms with Crippen molar-refractivity contribution in [2.24, 2.45) is 0 Å². The number of hydrogen-bond donors (Lipinski definition) is 3. The lowest BCUT2D eigenvalue weighted by Gasteiger charge is -2.13. The van der Waals surface area contributed by atoms with Crippen molar-refractivity contribution in [1.29, 1.82) is 10.8 Å². The van der Waals surface area contributed by atoms with Crippen molar-refractivity contribution in [3.8, 4) is 0 Å². The van der Waals surface area contributed by atoms with E-state index >= 15 is 0 Å². The minimum atomic E-state index is -0.259. The van der Waals surface area contributed by atoms with E-state index in [9.17, 15) is 4.79 Å². The highest BCUT2D eigenvalue weighted by Crippen LogP contribution is 2.16. The van der Waals surface area contributed by atoms with Gasteiger partial charge in [0.2, 0.25) is 5.90 Å². The summed E-state index contributed by atoms with van der Waals surface area (Å²) in [5, 5.41) is 18.7. The number of rotatable bonds is 5. The van der Waals surface area contributed by atoms with Gasteiger partial charge in [-0.1, -0.05) is 6.07 Å². The highest BCUT2D eigenvalue weighted by Gasteiger charge is 2.12. The maximum atomic E-state index is 12.5. The molecule has 3 N–H and O–H groups in total. The van der Waals surface area contributed by atoms with Gasteiger partial charge in [0.15, 0.2) is 5.76 Å². The van der Waals surface area contributed by atoms with E-state index in [1.54, 1.807) is 48.5 Å². The van der Waals surface area contributed by atoms with Crippen LogP contribution in [0.3, 0.4) is 0 Å². The van der Waals surface area contributed by atoms with Gasteiger partial charge in [-0.25, -0.2) is 0 Å². The molecule has 28 heavy (non-hydrogen) atoms. The summed E-state index contributed by atoms with van der Waals surface area (Å²) >= 11 is 0. The van der Waals surface area contributed by atoms with Crippen molar-refractivity contribution in [2.45, 2.75) is 0 Å². The van der Waals surface area contributed by atoms with Gasteiger partial charge in [0.1, 0.15) is 0 Å². The van der Waals surface area contributed by atoms with E-state index in [1.165, 1.54) is 6.26 Å². The first-order chi connectivity index (χ1) is 13.4. The SMILES string of the molecule is CN(C)c1ccc(C(=O)Nc2cccc(C(=N)OC(=N)c3ccco3)c2)cc1. The zero-order valence-corrected chi connectivity index (χ0v) is 15.5. The Hall–Kier alpha value is -3.87. The summed E-state index contributed by atoms with van der Waals surface area (Å²) in [5.41, 5.74) is 2.49. The van der Waals surface area contributed by atoms with Crippen LogP contribution in [0.15, 0.2) is 71.3 Å². The molecule has 0 aliphatic carbocycles. The molecule has 0 saturated carbocycles. The van der Waals surface area contributed by atoms with Crippen molar-refractivity contribution in [3.05, 3.63) is 83.8 Å². The number of anilines is 2. The first-order valence-electron chi connectivity index (χ1n) is 8.52. The lowest BCUT2D eigenvalue weighted by Crippen LogP contribution is -2.15. The molecule has 0 fully saturated rings. The van der Waals surface area contributed by atoms with Crippen LogP contribution in [0.2, 0.25) is 0 Å². The van der Waals surface area contributed by atoms with Crippen molar-refractivity contribution in [1.82, 2.24) is 0 Å². The predicted octanol–water partition coefficient (Wildman–Crippen LogP) is 3.97. The summed E-state index contributed by atoms with van der Waals surface area (Å²) in [6, 6.07) is 17.2. The maximum absolute atomic E-state index is 12.5. The largest absolute Gasteiger partial charge is 0.459 e. The molecule has 1 aromatic heterocycles. The van der Waals surface area contributed by atoms with Crippen molar-refractivity contribution < 1.29 is 13.9 Å². The Kier molecular flexibility index (Phi) is 5.55. The summed E-state index contributed by atoms with van der Waals surface area (Å²) in [5.74, 6) is -0.494. The molecule has 142 valence electrons. The molecular weight excluding hydrogens is 356 g/mol. The first kappa shape index (κ1) is 18.9. The fourth-order valence-electron chi connectivity index (χ4n) is 2.47. The van der Waals surface area contributed by atoms with E-state index in [4.69, 9.17) is 20.0 Å². The number of furan rings is 1. The average molecular weight is 376 g/mol. The molecule has 7 nitrogen and oxygen atoms in total. The Bertz CT molecular complexity index is 993. The molecule has 0 radical (unpaired) electrons. The number of carbonyl (C=O) groups is 1. The van der Waals surface area contributed by atoms with E-state index in [1.807, 2.05) is 31.1 Å². The number of benzene rings is 2. The second kappa shape index (κ2) is 8.22. The smallest absolute Gasteiger partial charge is 0.257 e. The van der Waals surface area contributed by atoms with Crippen LogP contribution in [-0.4, -0.2) is 31.8 Å². The van der Waals surface area contributed by atoms with Crippen LogP contribution in [0.5, 0.6) is 0 Å². The van der Waals surface area contributed by atoms with Crippen LogP contribution in [0.25, 0.3) is 0 Å². The number of ether oxygens (including phenoxy) is 1. The Balaban J connectivity index is 1.68. The fourth-order valence-corrected chi connectivity index (χ4v) is 2.47. The molecule has 0 atom stereocenters. The Morgan fingerprint density at radius 1 is 0.964 bits per heavy atom. The second-order valence-electron chi connectivity index (χ2n) is 6.21.